The van der Waals surface area contributed by atoms with E-state index < -0.39 is 0 Å². The van der Waals surface area contributed by atoms with Gasteiger partial charge in [-0.25, -0.2) is 0 Å². The molecule has 1 atom stereocenters. The second-order valence-electron chi connectivity index (χ2n) is 5.47. The number of ketones is 1. The van der Waals surface area contributed by atoms with Gasteiger partial charge in [0.15, 0.2) is 5.78 Å². The van der Waals surface area contributed by atoms with E-state index in [1.165, 1.54) is 5.56 Å². The van der Waals surface area contributed by atoms with Crippen molar-refractivity contribution < 1.29 is 4.79 Å². The number of carbonyl (C=O) groups is 1. The molecular formula is C16H24N2O. The molecule has 0 amide bonds. The van der Waals surface area contributed by atoms with E-state index >= 15 is 0 Å². The van der Waals surface area contributed by atoms with Gasteiger partial charge in [-0.3, -0.25) is 9.78 Å². The highest BCUT2D eigenvalue weighted by Gasteiger charge is 2.39. The molecule has 3 heteroatoms. The van der Waals surface area contributed by atoms with Crippen molar-refractivity contribution in [1.82, 2.24) is 10.3 Å². The van der Waals surface area contributed by atoms with Crippen LogP contribution in [0.1, 0.15) is 50.8 Å². The Balaban J connectivity index is 2.05. The second kappa shape index (κ2) is 6.29. The lowest BCUT2D eigenvalue weighted by atomic mass is 9.85. The number of rotatable bonds is 6. The summed E-state index contributed by atoms with van der Waals surface area (Å²) in [5, 5.41) is 3.44. The minimum atomic E-state index is -0.278. The van der Waals surface area contributed by atoms with E-state index in [1.54, 1.807) is 0 Å². The topological polar surface area (TPSA) is 42.0 Å². The lowest BCUT2D eigenvalue weighted by Crippen LogP contribution is -2.48. The average molecular weight is 260 g/mol. The predicted molar refractivity (Wildman–Crippen MR) is 77.2 cm³/mol. The number of carbonyl (C=O) groups excluding carboxylic acids is 1. The van der Waals surface area contributed by atoms with Crippen molar-refractivity contribution in [3.63, 3.8) is 0 Å². The summed E-state index contributed by atoms with van der Waals surface area (Å²) in [4.78, 5) is 17.0. The molecule has 0 aliphatic carbocycles. The normalized spacial score (nSPS) is 22.6. The third-order valence-electron chi connectivity index (χ3n) is 4.09. The fraction of sp³-hybridized carbons (Fsp3) is 0.625. The summed E-state index contributed by atoms with van der Waals surface area (Å²) >= 11 is 0. The minimum Gasteiger partial charge on any atom is -0.305 e. The first-order valence-electron chi connectivity index (χ1n) is 7.42. The maximum Gasteiger partial charge on any atom is 0.158 e. The zero-order chi connectivity index (χ0) is 13.7. The Labute approximate surface area is 115 Å². The zero-order valence-corrected chi connectivity index (χ0v) is 12.0. The van der Waals surface area contributed by atoms with E-state index in [-0.39, 0.29) is 5.54 Å². The van der Waals surface area contributed by atoms with Crippen LogP contribution in [0.3, 0.4) is 0 Å². The Morgan fingerprint density at radius 2 is 2.26 bits per heavy atom. The van der Waals surface area contributed by atoms with Crippen LogP contribution in [0.2, 0.25) is 0 Å². The lowest BCUT2D eigenvalue weighted by molar-refractivity contribution is -0.124. The quantitative estimate of drug-likeness (QED) is 0.855. The van der Waals surface area contributed by atoms with E-state index in [9.17, 15) is 4.79 Å². The fourth-order valence-electron chi connectivity index (χ4n) is 2.93. The van der Waals surface area contributed by atoms with Crippen LogP contribution in [0.4, 0.5) is 0 Å². The Morgan fingerprint density at radius 1 is 1.42 bits per heavy atom. The van der Waals surface area contributed by atoms with Crippen molar-refractivity contribution in [3.8, 4) is 0 Å². The van der Waals surface area contributed by atoms with Gasteiger partial charge in [-0.15, -0.1) is 0 Å². The van der Waals surface area contributed by atoms with Gasteiger partial charge in [0.25, 0.3) is 0 Å². The van der Waals surface area contributed by atoms with Crippen molar-refractivity contribution in [3.05, 3.63) is 29.6 Å². The first-order valence-corrected chi connectivity index (χ1v) is 7.42. The number of Topliss-reactive ketones (excluding diaryl/α,β-unsaturated/α-hetero) is 1. The van der Waals surface area contributed by atoms with Crippen molar-refractivity contribution in [1.29, 1.82) is 0 Å². The molecular weight excluding hydrogens is 236 g/mol. The standard InChI is InChI=1S/C16H24N2O/c1-3-8-16(9-5-10-18-16)15(19)11-14-7-6-13(4-2)12-17-14/h6-7,12,18H,3-5,8-11H2,1-2H3. The molecule has 1 aliphatic heterocycles. The summed E-state index contributed by atoms with van der Waals surface area (Å²) in [5.74, 6) is 0.309. The van der Waals surface area contributed by atoms with Gasteiger partial charge >= 0.3 is 0 Å². The molecule has 0 saturated carbocycles. The maximum atomic E-state index is 12.6. The van der Waals surface area contributed by atoms with Gasteiger partial charge in [-0.05, 0) is 43.9 Å². The molecule has 19 heavy (non-hydrogen) atoms. The number of pyridine rings is 1. The highest BCUT2D eigenvalue weighted by molar-refractivity contribution is 5.90. The van der Waals surface area contributed by atoms with E-state index in [4.69, 9.17) is 0 Å². The monoisotopic (exact) mass is 260 g/mol. The molecule has 2 heterocycles. The number of aromatic nitrogens is 1. The van der Waals surface area contributed by atoms with E-state index in [0.29, 0.717) is 12.2 Å². The van der Waals surface area contributed by atoms with Crippen LogP contribution in [-0.4, -0.2) is 22.9 Å². The van der Waals surface area contributed by atoms with Gasteiger partial charge in [0.1, 0.15) is 0 Å². The summed E-state index contributed by atoms with van der Waals surface area (Å²) < 4.78 is 0. The van der Waals surface area contributed by atoms with Crippen molar-refractivity contribution >= 4 is 5.78 Å². The Hall–Kier alpha value is -1.22. The number of hydrogen-bond donors (Lipinski definition) is 1. The molecule has 104 valence electrons. The maximum absolute atomic E-state index is 12.6. The summed E-state index contributed by atoms with van der Waals surface area (Å²) in [6.45, 7) is 5.22. The molecule has 1 aliphatic rings. The van der Waals surface area contributed by atoms with E-state index in [1.807, 2.05) is 12.3 Å². The molecule has 1 aromatic rings. The van der Waals surface area contributed by atoms with Crippen LogP contribution in [0.25, 0.3) is 0 Å². The van der Waals surface area contributed by atoms with Crippen molar-refractivity contribution in [2.24, 2.45) is 0 Å². The van der Waals surface area contributed by atoms with E-state index in [0.717, 1.165) is 44.3 Å². The van der Waals surface area contributed by atoms with Gasteiger partial charge in [0, 0.05) is 11.9 Å². The average Bonchev–Trinajstić information content (AvgIpc) is 2.90. The van der Waals surface area contributed by atoms with Crippen molar-refractivity contribution in [2.75, 3.05) is 6.54 Å². The Morgan fingerprint density at radius 3 is 2.79 bits per heavy atom. The summed E-state index contributed by atoms with van der Waals surface area (Å²) in [6, 6.07) is 4.06. The molecule has 2 rings (SSSR count). The predicted octanol–water partition coefficient (Wildman–Crippen LogP) is 2.68. The largest absolute Gasteiger partial charge is 0.305 e. The summed E-state index contributed by atoms with van der Waals surface area (Å²) in [7, 11) is 0. The molecule has 1 fully saturated rings. The van der Waals surface area contributed by atoms with Crippen LogP contribution >= 0.6 is 0 Å². The van der Waals surface area contributed by atoms with Gasteiger partial charge < -0.3 is 5.32 Å². The molecule has 0 radical (unpaired) electrons. The third-order valence-corrected chi connectivity index (χ3v) is 4.09. The molecule has 0 aromatic carbocycles. The van der Waals surface area contributed by atoms with Gasteiger partial charge in [-0.1, -0.05) is 26.3 Å². The highest BCUT2D eigenvalue weighted by Crippen LogP contribution is 2.27. The summed E-state index contributed by atoms with van der Waals surface area (Å²) in [5.41, 5.74) is 1.84. The van der Waals surface area contributed by atoms with Gasteiger partial charge in [0.05, 0.1) is 12.0 Å². The van der Waals surface area contributed by atoms with Crippen LogP contribution in [0, 0.1) is 0 Å². The van der Waals surface area contributed by atoms with Crippen LogP contribution in [0.15, 0.2) is 18.3 Å². The molecule has 0 bridgehead atoms. The van der Waals surface area contributed by atoms with Crippen molar-refractivity contribution in [2.45, 2.75) is 57.9 Å². The zero-order valence-electron chi connectivity index (χ0n) is 12.0. The fourth-order valence-corrected chi connectivity index (χ4v) is 2.93. The Kier molecular flexibility index (Phi) is 4.70. The first kappa shape index (κ1) is 14.2. The molecule has 1 aromatic heterocycles. The number of nitrogens with zero attached hydrogens (tertiary/aromatic N) is 1. The lowest BCUT2D eigenvalue weighted by Gasteiger charge is -2.27. The number of aryl methyl sites for hydroxylation is 1. The molecule has 0 spiro atoms. The van der Waals surface area contributed by atoms with E-state index in [2.05, 4.69) is 30.2 Å². The SMILES string of the molecule is CCCC1(C(=O)Cc2ccc(CC)cn2)CCCN1. The second-order valence-corrected chi connectivity index (χ2v) is 5.47. The van der Waals surface area contributed by atoms with Crippen LogP contribution in [-0.2, 0) is 17.6 Å². The summed E-state index contributed by atoms with van der Waals surface area (Å²) in [6.07, 6.45) is 7.40. The van der Waals surface area contributed by atoms with Gasteiger partial charge in [0.2, 0.25) is 0 Å². The third kappa shape index (κ3) is 3.21. The van der Waals surface area contributed by atoms with Crippen LogP contribution in [0.5, 0.6) is 0 Å². The molecule has 3 nitrogen and oxygen atoms in total. The smallest absolute Gasteiger partial charge is 0.158 e. The molecule has 1 saturated heterocycles. The first-order chi connectivity index (χ1) is 9.20. The highest BCUT2D eigenvalue weighted by atomic mass is 16.1. The molecule has 1 N–H and O–H groups in total. The van der Waals surface area contributed by atoms with Crippen LogP contribution < -0.4 is 5.32 Å². The van der Waals surface area contributed by atoms with Gasteiger partial charge in [-0.2, -0.15) is 0 Å². The number of nitrogens with one attached hydrogen (secondary N) is 1. The number of hydrogen-bond acceptors (Lipinski definition) is 3. The minimum absolute atomic E-state index is 0.278. The molecule has 1 unspecified atom stereocenters. The Bertz CT molecular complexity index is 419.